The minimum absolute atomic E-state index is 0.0183. The molecule has 1 fully saturated rings. The SMILES string of the molecule is CCCC(CCC)N[C@@H]1CC[C@@H]1NC(=O)c1cnn2ccccc12. The van der Waals surface area contributed by atoms with Crippen molar-refractivity contribution in [2.24, 2.45) is 0 Å². The van der Waals surface area contributed by atoms with Crippen LogP contribution in [0.3, 0.4) is 0 Å². The van der Waals surface area contributed by atoms with Gasteiger partial charge in [-0.05, 0) is 37.8 Å². The zero-order valence-electron chi connectivity index (χ0n) is 14.7. The van der Waals surface area contributed by atoms with Crippen molar-refractivity contribution < 1.29 is 4.79 Å². The van der Waals surface area contributed by atoms with Gasteiger partial charge in [-0.15, -0.1) is 0 Å². The number of aromatic nitrogens is 2. The van der Waals surface area contributed by atoms with Crippen molar-refractivity contribution in [2.75, 3.05) is 0 Å². The Morgan fingerprint density at radius 2 is 2.00 bits per heavy atom. The van der Waals surface area contributed by atoms with Crippen LogP contribution in [-0.2, 0) is 0 Å². The fourth-order valence-corrected chi connectivity index (χ4v) is 3.54. The van der Waals surface area contributed by atoms with Crippen LogP contribution in [0.4, 0.5) is 0 Å². The highest BCUT2D eigenvalue weighted by Gasteiger charge is 2.33. The largest absolute Gasteiger partial charge is 0.348 e. The minimum atomic E-state index is -0.0183. The van der Waals surface area contributed by atoms with E-state index in [-0.39, 0.29) is 11.9 Å². The molecule has 0 radical (unpaired) electrons. The second-order valence-electron chi connectivity index (χ2n) is 6.79. The summed E-state index contributed by atoms with van der Waals surface area (Å²) in [7, 11) is 0. The second-order valence-corrected chi connectivity index (χ2v) is 6.79. The van der Waals surface area contributed by atoms with E-state index in [1.54, 1.807) is 10.7 Å². The summed E-state index contributed by atoms with van der Waals surface area (Å²) in [5.74, 6) is -0.0183. The number of hydrogen-bond acceptors (Lipinski definition) is 3. The van der Waals surface area contributed by atoms with Gasteiger partial charge in [0.05, 0.1) is 17.3 Å². The number of pyridine rings is 1. The van der Waals surface area contributed by atoms with E-state index >= 15 is 0 Å². The third-order valence-electron chi connectivity index (χ3n) is 4.99. The topological polar surface area (TPSA) is 58.4 Å². The number of carbonyl (C=O) groups is 1. The molecule has 0 spiro atoms. The summed E-state index contributed by atoms with van der Waals surface area (Å²) in [6.45, 7) is 4.46. The van der Waals surface area contributed by atoms with Crippen LogP contribution in [0.5, 0.6) is 0 Å². The van der Waals surface area contributed by atoms with Gasteiger partial charge in [-0.1, -0.05) is 32.8 Å². The smallest absolute Gasteiger partial charge is 0.255 e. The number of nitrogens with one attached hydrogen (secondary N) is 2. The molecule has 1 aliphatic rings. The quantitative estimate of drug-likeness (QED) is 0.782. The maximum absolute atomic E-state index is 12.6. The Labute approximate surface area is 143 Å². The molecule has 5 heteroatoms. The molecule has 1 amide bonds. The summed E-state index contributed by atoms with van der Waals surface area (Å²) in [6, 6.07) is 6.97. The first kappa shape index (κ1) is 17.0. The number of fused-ring (bicyclic) bond motifs is 1. The van der Waals surface area contributed by atoms with Gasteiger partial charge in [0.1, 0.15) is 0 Å². The van der Waals surface area contributed by atoms with Gasteiger partial charge in [-0.25, -0.2) is 4.52 Å². The molecule has 2 heterocycles. The van der Waals surface area contributed by atoms with Gasteiger partial charge in [0, 0.05) is 24.3 Å². The first-order valence-electron chi connectivity index (χ1n) is 9.22. The van der Waals surface area contributed by atoms with E-state index in [0.717, 1.165) is 18.4 Å². The van der Waals surface area contributed by atoms with Crippen LogP contribution in [0.1, 0.15) is 62.7 Å². The number of hydrogen-bond donors (Lipinski definition) is 2. The molecule has 2 N–H and O–H groups in total. The summed E-state index contributed by atoms with van der Waals surface area (Å²) in [4.78, 5) is 12.6. The molecular formula is C19H28N4O. The number of rotatable bonds is 8. The number of amides is 1. The van der Waals surface area contributed by atoms with Crippen molar-refractivity contribution in [1.82, 2.24) is 20.2 Å². The van der Waals surface area contributed by atoms with E-state index in [2.05, 4.69) is 29.6 Å². The molecule has 0 bridgehead atoms. The third kappa shape index (κ3) is 3.61. The van der Waals surface area contributed by atoms with Gasteiger partial charge in [0.15, 0.2) is 0 Å². The van der Waals surface area contributed by atoms with Gasteiger partial charge < -0.3 is 10.6 Å². The first-order chi connectivity index (χ1) is 11.7. The normalized spacial score (nSPS) is 20.3. The molecule has 0 aromatic carbocycles. The van der Waals surface area contributed by atoms with Crippen LogP contribution < -0.4 is 10.6 Å². The third-order valence-corrected chi connectivity index (χ3v) is 4.99. The summed E-state index contributed by atoms with van der Waals surface area (Å²) >= 11 is 0. The lowest BCUT2D eigenvalue weighted by Crippen LogP contribution is -2.58. The van der Waals surface area contributed by atoms with Gasteiger partial charge in [-0.3, -0.25) is 4.79 Å². The summed E-state index contributed by atoms with van der Waals surface area (Å²) < 4.78 is 1.74. The molecule has 2 aromatic rings. The fourth-order valence-electron chi connectivity index (χ4n) is 3.54. The highest BCUT2D eigenvalue weighted by Crippen LogP contribution is 2.23. The van der Waals surface area contributed by atoms with Crippen LogP contribution in [-0.4, -0.2) is 33.6 Å². The van der Waals surface area contributed by atoms with E-state index < -0.39 is 0 Å². The molecule has 130 valence electrons. The summed E-state index contributed by atoms with van der Waals surface area (Å²) in [6.07, 6.45) is 10.5. The van der Waals surface area contributed by atoms with E-state index in [9.17, 15) is 4.79 Å². The predicted octanol–water partition coefficient (Wildman–Crippen LogP) is 3.15. The standard InChI is InChI=1S/C19H28N4O/c1-3-7-14(8-4-2)21-16-10-11-17(16)22-19(24)15-13-20-23-12-6-5-9-18(15)23/h5-6,9,12-14,16-17,21H,3-4,7-8,10-11H2,1-2H3,(H,22,24)/t16-,17+/m1/s1. The fraction of sp³-hybridized carbons (Fsp3) is 0.579. The Balaban J connectivity index is 1.60. The molecule has 2 atom stereocenters. The van der Waals surface area contributed by atoms with E-state index in [1.807, 2.05) is 24.4 Å². The van der Waals surface area contributed by atoms with Crippen molar-refractivity contribution in [3.8, 4) is 0 Å². The Hall–Kier alpha value is -1.88. The van der Waals surface area contributed by atoms with Gasteiger partial charge in [-0.2, -0.15) is 5.10 Å². The van der Waals surface area contributed by atoms with Crippen molar-refractivity contribution in [1.29, 1.82) is 0 Å². The van der Waals surface area contributed by atoms with Crippen LogP contribution in [0.15, 0.2) is 30.6 Å². The lowest BCUT2D eigenvalue weighted by molar-refractivity contribution is 0.0889. The van der Waals surface area contributed by atoms with Crippen molar-refractivity contribution in [2.45, 2.75) is 70.5 Å². The van der Waals surface area contributed by atoms with Crippen LogP contribution in [0.25, 0.3) is 5.52 Å². The van der Waals surface area contributed by atoms with Crippen LogP contribution >= 0.6 is 0 Å². The maximum atomic E-state index is 12.6. The van der Waals surface area contributed by atoms with Crippen molar-refractivity contribution in [3.05, 3.63) is 36.2 Å². The van der Waals surface area contributed by atoms with Crippen molar-refractivity contribution in [3.63, 3.8) is 0 Å². The Kier molecular flexibility index (Phi) is 5.51. The van der Waals surface area contributed by atoms with E-state index in [0.29, 0.717) is 17.6 Å². The lowest BCUT2D eigenvalue weighted by atomic mass is 9.85. The van der Waals surface area contributed by atoms with Gasteiger partial charge in [0.2, 0.25) is 0 Å². The molecule has 24 heavy (non-hydrogen) atoms. The minimum Gasteiger partial charge on any atom is -0.348 e. The predicted molar refractivity (Wildman–Crippen MR) is 96.2 cm³/mol. The highest BCUT2D eigenvalue weighted by atomic mass is 16.1. The van der Waals surface area contributed by atoms with Crippen LogP contribution in [0.2, 0.25) is 0 Å². The van der Waals surface area contributed by atoms with E-state index in [1.165, 1.54) is 25.7 Å². The number of nitrogens with zero attached hydrogens (tertiary/aromatic N) is 2. The first-order valence-corrected chi connectivity index (χ1v) is 9.22. The van der Waals surface area contributed by atoms with Gasteiger partial charge >= 0.3 is 0 Å². The Morgan fingerprint density at radius 1 is 1.25 bits per heavy atom. The average molecular weight is 328 g/mol. The Morgan fingerprint density at radius 3 is 2.67 bits per heavy atom. The molecule has 1 aliphatic carbocycles. The zero-order valence-corrected chi connectivity index (χ0v) is 14.7. The van der Waals surface area contributed by atoms with Gasteiger partial charge in [0.25, 0.3) is 5.91 Å². The molecule has 1 saturated carbocycles. The lowest BCUT2D eigenvalue weighted by Gasteiger charge is -2.40. The van der Waals surface area contributed by atoms with Crippen molar-refractivity contribution >= 4 is 11.4 Å². The average Bonchev–Trinajstić information content (AvgIpc) is 3.01. The molecule has 0 aliphatic heterocycles. The summed E-state index contributed by atoms with van der Waals surface area (Å²) in [5.41, 5.74) is 1.51. The molecule has 0 saturated heterocycles. The zero-order chi connectivity index (χ0) is 16.9. The van der Waals surface area contributed by atoms with Crippen LogP contribution in [0, 0.1) is 0 Å². The molecule has 0 unspecified atom stereocenters. The monoisotopic (exact) mass is 328 g/mol. The summed E-state index contributed by atoms with van der Waals surface area (Å²) in [5, 5.41) is 11.2. The molecule has 2 aromatic heterocycles. The van der Waals surface area contributed by atoms with E-state index in [4.69, 9.17) is 0 Å². The second kappa shape index (κ2) is 7.79. The highest BCUT2D eigenvalue weighted by molar-refractivity contribution is 6.00. The Bertz CT molecular complexity index is 675. The number of carbonyl (C=O) groups excluding carboxylic acids is 1. The maximum Gasteiger partial charge on any atom is 0.255 e. The molecular weight excluding hydrogens is 300 g/mol. The molecule has 5 nitrogen and oxygen atoms in total. The molecule has 3 rings (SSSR count).